The fourth-order valence-electron chi connectivity index (χ4n) is 2.22. The third kappa shape index (κ3) is 3.85. The van der Waals surface area contributed by atoms with Gasteiger partial charge in [-0.25, -0.2) is 9.18 Å². The van der Waals surface area contributed by atoms with Crippen LogP contribution in [-0.2, 0) is 10.3 Å². The molecule has 0 heterocycles. The number of ketones is 1. The molecule has 6 heteroatoms. The van der Waals surface area contributed by atoms with E-state index >= 15 is 0 Å². The van der Waals surface area contributed by atoms with Gasteiger partial charge in [-0.3, -0.25) is 4.79 Å². The van der Waals surface area contributed by atoms with Crippen LogP contribution in [0, 0.1) is 5.82 Å². The van der Waals surface area contributed by atoms with Gasteiger partial charge in [0.2, 0.25) is 0 Å². The van der Waals surface area contributed by atoms with E-state index in [0.29, 0.717) is 5.56 Å². The van der Waals surface area contributed by atoms with Gasteiger partial charge in [0.1, 0.15) is 11.4 Å². The number of alkyl halides is 1. The molecule has 0 saturated heterocycles. The number of amides is 1. The molecule has 4 nitrogen and oxygen atoms in total. The van der Waals surface area contributed by atoms with Crippen molar-refractivity contribution in [3.05, 3.63) is 35.1 Å². The lowest BCUT2D eigenvalue weighted by molar-refractivity contribution is 0.0494. The van der Waals surface area contributed by atoms with Crippen LogP contribution in [0.2, 0.25) is 0 Å². The number of nitrogens with one attached hydrogen (secondary N) is 1. The summed E-state index contributed by atoms with van der Waals surface area (Å²) >= 11 is 3.03. The van der Waals surface area contributed by atoms with Gasteiger partial charge in [-0.05, 0) is 51.3 Å². The van der Waals surface area contributed by atoms with Crippen LogP contribution in [0.15, 0.2) is 18.2 Å². The zero-order valence-corrected chi connectivity index (χ0v) is 14.4. The summed E-state index contributed by atoms with van der Waals surface area (Å²) < 4.78 is 19.3. The molecule has 0 spiro atoms. The van der Waals surface area contributed by atoms with E-state index in [2.05, 4.69) is 21.2 Å². The molecule has 0 bridgehead atoms. The Bertz CT molecular complexity index is 606. The quantitative estimate of drug-likeness (QED) is 0.644. The normalized spacial score (nSPS) is 16.0. The van der Waals surface area contributed by atoms with E-state index in [-0.39, 0.29) is 16.7 Å². The van der Waals surface area contributed by atoms with Crippen molar-refractivity contribution < 1.29 is 18.7 Å². The Kier molecular flexibility index (Phi) is 4.61. The van der Waals surface area contributed by atoms with Crippen molar-refractivity contribution in [1.82, 2.24) is 5.32 Å². The van der Waals surface area contributed by atoms with Crippen molar-refractivity contribution in [2.45, 2.75) is 44.8 Å². The fourth-order valence-corrected chi connectivity index (χ4v) is 2.52. The molecule has 0 radical (unpaired) electrons. The van der Waals surface area contributed by atoms with Crippen LogP contribution in [-0.4, -0.2) is 22.8 Å². The Hall–Kier alpha value is -1.43. The highest BCUT2D eigenvalue weighted by Gasteiger charge is 2.47. The molecule has 1 aromatic carbocycles. The van der Waals surface area contributed by atoms with Crippen molar-refractivity contribution in [2.75, 3.05) is 5.33 Å². The maximum atomic E-state index is 14.1. The number of rotatable bonds is 4. The van der Waals surface area contributed by atoms with E-state index < -0.39 is 23.1 Å². The summed E-state index contributed by atoms with van der Waals surface area (Å²) in [5, 5.41) is 2.88. The van der Waals surface area contributed by atoms with Crippen molar-refractivity contribution >= 4 is 27.8 Å². The predicted molar refractivity (Wildman–Crippen MR) is 84.8 cm³/mol. The van der Waals surface area contributed by atoms with Crippen molar-refractivity contribution in [3.63, 3.8) is 0 Å². The highest BCUT2D eigenvalue weighted by Crippen LogP contribution is 2.46. The van der Waals surface area contributed by atoms with Gasteiger partial charge >= 0.3 is 6.09 Å². The molecule has 2 rings (SSSR count). The molecule has 0 unspecified atom stereocenters. The van der Waals surface area contributed by atoms with Crippen molar-refractivity contribution in [1.29, 1.82) is 0 Å². The molecule has 1 amide bonds. The number of alkyl carbamates (subject to hydrolysis) is 1. The van der Waals surface area contributed by atoms with E-state index in [9.17, 15) is 14.0 Å². The van der Waals surface area contributed by atoms with Crippen LogP contribution in [0.25, 0.3) is 0 Å². The second-order valence-electron chi connectivity index (χ2n) is 6.46. The molecule has 1 aliphatic carbocycles. The Labute approximate surface area is 137 Å². The molecule has 0 aliphatic heterocycles. The third-order valence-electron chi connectivity index (χ3n) is 3.43. The highest BCUT2D eigenvalue weighted by molar-refractivity contribution is 9.09. The van der Waals surface area contributed by atoms with E-state index in [4.69, 9.17) is 4.74 Å². The minimum Gasteiger partial charge on any atom is -0.444 e. The first-order chi connectivity index (χ1) is 10.2. The lowest BCUT2D eigenvalue weighted by atomic mass is 10.0. The molecule has 0 atom stereocenters. The largest absolute Gasteiger partial charge is 0.444 e. The minimum atomic E-state index is -0.586. The Balaban J connectivity index is 2.16. The molecule has 1 aromatic rings. The van der Waals surface area contributed by atoms with E-state index in [1.807, 2.05) is 0 Å². The van der Waals surface area contributed by atoms with E-state index in [1.54, 1.807) is 26.8 Å². The molecular formula is C16H19BrFNO3. The van der Waals surface area contributed by atoms with Gasteiger partial charge in [0.25, 0.3) is 0 Å². The zero-order valence-electron chi connectivity index (χ0n) is 12.8. The van der Waals surface area contributed by atoms with Gasteiger partial charge in [0.05, 0.1) is 16.4 Å². The Morgan fingerprint density at radius 1 is 1.36 bits per heavy atom. The third-order valence-corrected chi connectivity index (χ3v) is 3.94. The van der Waals surface area contributed by atoms with Gasteiger partial charge in [0.15, 0.2) is 5.78 Å². The topological polar surface area (TPSA) is 55.4 Å². The number of benzene rings is 1. The maximum absolute atomic E-state index is 14.1. The van der Waals surface area contributed by atoms with Crippen LogP contribution in [0.5, 0.6) is 0 Å². The number of hydrogen-bond acceptors (Lipinski definition) is 3. The Morgan fingerprint density at radius 2 is 2.00 bits per heavy atom. The molecule has 22 heavy (non-hydrogen) atoms. The fraction of sp³-hybridized carbons (Fsp3) is 0.500. The van der Waals surface area contributed by atoms with Gasteiger partial charge in [0, 0.05) is 0 Å². The number of halogens is 2. The summed E-state index contributed by atoms with van der Waals surface area (Å²) in [4.78, 5) is 23.5. The van der Waals surface area contributed by atoms with Crippen LogP contribution < -0.4 is 5.32 Å². The zero-order chi connectivity index (χ0) is 16.5. The maximum Gasteiger partial charge on any atom is 0.408 e. The second kappa shape index (κ2) is 5.99. The Morgan fingerprint density at radius 3 is 2.45 bits per heavy atom. The molecule has 1 fully saturated rings. The molecule has 1 saturated carbocycles. The number of ether oxygens (including phenoxy) is 1. The van der Waals surface area contributed by atoms with Crippen LogP contribution >= 0.6 is 15.9 Å². The lowest BCUT2D eigenvalue weighted by Crippen LogP contribution is -2.39. The summed E-state index contributed by atoms with van der Waals surface area (Å²) in [7, 11) is 0. The first-order valence-electron chi connectivity index (χ1n) is 7.07. The smallest absolute Gasteiger partial charge is 0.408 e. The van der Waals surface area contributed by atoms with E-state index in [1.165, 1.54) is 12.1 Å². The van der Waals surface area contributed by atoms with Crippen molar-refractivity contribution in [3.8, 4) is 0 Å². The monoisotopic (exact) mass is 371 g/mol. The number of carbonyl (C=O) groups excluding carboxylic acids is 2. The summed E-state index contributed by atoms with van der Waals surface area (Å²) in [6, 6.07) is 4.47. The van der Waals surface area contributed by atoms with Gasteiger partial charge in [-0.1, -0.05) is 22.0 Å². The van der Waals surface area contributed by atoms with Crippen LogP contribution in [0.4, 0.5) is 9.18 Å². The van der Waals surface area contributed by atoms with Gasteiger partial charge in [-0.15, -0.1) is 0 Å². The summed E-state index contributed by atoms with van der Waals surface area (Å²) in [6.45, 7) is 5.35. The number of carbonyl (C=O) groups is 2. The summed E-state index contributed by atoms with van der Waals surface area (Å²) in [5.74, 6) is -0.881. The molecule has 1 N–H and O–H groups in total. The molecule has 0 aromatic heterocycles. The minimum absolute atomic E-state index is 0.0497. The van der Waals surface area contributed by atoms with Crippen LogP contribution in [0.1, 0.15) is 49.5 Å². The van der Waals surface area contributed by atoms with Crippen LogP contribution in [0.3, 0.4) is 0 Å². The molecular weight excluding hydrogens is 353 g/mol. The first-order valence-corrected chi connectivity index (χ1v) is 8.19. The SMILES string of the molecule is CC(C)(C)OC(=O)NC1(c2ccc(C(=O)CBr)c(F)c2)CC1. The first kappa shape index (κ1) is 16.9. The second-order valence-corrected chi connectivity index (χ2v) is 7.02. The number of hydrogen-bond donors (Lipinski definition) is 1. The van der Waals surface area contributed by atoms with Gasteiger partial charge < -0.3 is 10.1 Å². The van der Waals surface area contributed by atoms with Gasteiger partial charge in [-0.2, -0.15) is 0 Å². The average Bonchev–Trinajstić information content (AvgIpc) is 3.16. The molecule has 120 valence electrons. The summed E-state index contributed by atoms with van der Waals surface area (Å²) in [5.41, 5.74) is -0.466. The number of Topliss-reactive ketones (excluding diaryl/α,β-unsaturated/α-hetero) is 1. The van der Waals surface area contributed by atoms with E-state index in [0.717, 1.165) is 12.8 Å². The van der Waals surface area contributed by atoms with Crippen molar-refractivity contribution in [2.24, 2.45) is 0 Å². The lowest BCUT2D eigenvalue weighted by Gasteiger charge is -2.24. The molecule has 1 aliphatic rings. The predicted octanol–water partition coefficient (Wildman–Crippen LogP) is 3.92. The highest BCUT2D eigenvalue weighted by atomic mass is 79.9. The average molecular weight is 372 g/mol. The standard InChI is InChI=1S/C16H19BrFNO3/c1-15(2,3)22-14(21)19-16(6-7-16)10-4-5-11(12(18)8-10)13(20)9-17/h4-5,8H,6-7,9H2,1-3H3,(H,19,21). The summed E-state index contributed by atoms with van der Waals surface area (Å²) in [6.07, 6.45) is 0.917.